The number of hydrogen-bond acceptors (Lipinski definition) is 0. The molecule has 0 atom stereocenters. The van der Waals surface area contributed by atoms with Crippen molar-refractivity contribution >= 4 is 5.57 Å². The second kappa shape index (κ2) is 4.27. The first kappa shape index (κ1) is 10.0. The fourth-order valence-corrected chi connectivity index (χ4v) is 1.57. The van der Waals surface area contributed by atoms with Crippen molar-refractivity contribution in [2.75, 3.05) is 0 Å². The van der Waals surface area contributed by atoms with Crippen LogP contribution in [0.25, 0.3) is 5.57 Å². The van der Waals surface area contributed by atoms with Crippen LogP contribution >= 0.6 is 0 Å². The maximum Gasteiger partial charge on any atom is -0.0201 e. The normalized spacial score (nSPS) is 10.5. The highest BCUT2D eigenvalue weighted by Crippen LogP contribution is 2.22. The number of benzene rings is 1. The summed E-state index contributed by atoms with van der Waals surface area (Å²) >= 11 is 0. The molecule has 0 heteroatoms. The van der Waals surface area contributed by atoms with E-state index in [-0.39, 0.29) is 0 Å². The SMILES string of the molecule is C=C(CC(C)C)c1ccccc1C. The predicted molar refractivity (Wildman–Crippen MR) is 59.7 cm³/mol. The molecule has 0 aliphatic rings. The Morgan fingerprint density at radius 1 is 1.31 bits per heavy atom. The zero-order chi connectivity index (χ0) is 9.84. The summed E-state index contributed by atoms with van der Waals surface area (Å²) in [6, 6.07) is 8.44. The second-order valence-corrected chi connectivity index (χ2v) is 4.02. The van der Waals surface area contributed by atoms with Crippen LogP contribution < -0.4 is 0 Å². The summed E-state index contributed by atoms with van der Waals surface area (Å²) in [6.07, 6.45) is 1.09. The fourth-order valence-electron chi connectivity index (χ4n) is 1.57. The lowest BCUT2D eigenvalue weighted by Crippen LogP contribution is -1.92. The lowest BCUT2D eigenvalue weighted by molar-refractivity contribution is 0.674. The molecule has 1 rings (SSSR count). The molecule has 0 bridgehead atoms. The van der Waals surface area contributed by atoms with Gasteiger partial charge in [0.05, 0.1) is 0 Å². The molecule has 0 heterocycles. The van der Waals surface area contributed by atoms with Gasteiger partial charge >= 0.3 is 0 Å². The fraction of sp³-hybridized carbons (Fsp3) is 0.385. The van der Waals surface area contributed by atoms with E-state index in [1.165, 1.54) is 16.7 Å². The summed E-state index contributed by atoms with van der Waals surface area (Å²) in [7, 11) is 0. The van der Waals surface area contributed by atoms with Crippen LogP contribution in [0.3, 0.4) is 0 Å². The van der Waals surface area contributed by atoms with E-state index in [0.717, 1.165) is 6.42 Å². The molecule has 0 saturated heterocycles. The van der Waals surface area contributed by atoms with Crippen molar-refractivity contribution in [2.24, 2.45) is 5.92 Å². The molecule has 0 fully saturated rings. The molecular formula is C13H18. The van der Waals surface area contributed by atoms with Crippen LogP contribution in [-0.2, 0) is 0 Å². The zero-order valence-electron chi connectivity index (χ0n) is 8.80. The molecule has 0 unspecified atom stereocenters. The highest BCUT2D eigenvalue weighted by Gasteiger charge is 2.03. The van der Waals surface area contributed by atoms with Crippen LogP contribution in [0.2, 0.25) is 0 Å². The van der Waals surface area contributed by atoms with Crippen molar-refractivity contribution in [3.8, 4) is 0 Å². The smallest absolute Gasteiger partial charge is 0.0201 e. The Kier molecular flexibility index (Phi) is 3.30. The van der Waals surface area contributed by atoms with E-state index >= 15 is 0 Å². The van der Waals surface area contributed by atoms with Crippen LogP contribution in [0.4, 0.5) is 0 Å². The maximum absolute atomic E-state index is 4.13. The molecule has 70 valence electrons. The van der Waals surface area contributed by atoms with E-state index in [9.17, 15) is 0 Å². The zero-order valence-corrected chi connectivity index (χ0v) is 8.80. The molecule has 0 amide bonds. The Morgan fingerprint density at radius 3 is 2.46 bits per heavy atom. The Bertz CT molecular complexity index is 295. The highest BCUT2D eigenvalue weighted by atomic mass is 14.1. The van der Waals surface area contributed by atoms with Crippen LogP contribution in [0.5, 0.6) is 0 Å². The largest absolute Gasteiger partial charge is 0.0952 e. The summed E-state index contributed by atoms with van der Waals surface area (Å²) in [5.41, 5.74) is 3.90. The van der Waals surface area contributed by atoms with E-state index in [1.54, 1.807) is 0 Å². The molecule has 0 aromatic heterocycles. The topological polar surface area (TPSA) is 0 Å². The van der Waals surface area contributed by atoms with Crippen molar-refractivity contribution in [3.05, 3.63) is 42.0 Å². The first-order valence-electron chi connectivity index (χ1n) is 4.85. The van der Waals surface area contributed by atoms with Gasteiger partial charge in [-0.3, -0.25) is 0 Å². The Labute approximate surface area is 81.3 Å². The third kappa shape index (κ3) is 2.73. The third-order valence-corrected chi connectivity index (χ3v) is 2.18. The molecule has 13 heavy (non-hydrogen) atoms. The summed E-state index contributed by atoms with van der Waals surface area (Å²) < 4.78 is 0. The minimum atomic E-state index is 0.687. The average Bonchev–Trinajstić information content (AvgIpc) is 2.03. The predicted octanol–water partition coefficient (Wildman–Crippen LogP) is 4.05. The summed E-state index contributed by atoms with van der Waals surface area (Å²) in [6.45, 7) is 10.7. The van der Waals surface area contributed by atoms with Crippen LogP contribution in [0.15, 0.2) is 30.8 Å². The van der Waals surface area contributed by atoms with Gasteiger partial charge in [0, 0.05) is 0 Å². The van der Waals surface area contributed by atoms with E-state index < -0.39 is 0 Å². The number of hydrogen-bond donors (Lipinski definition) is 0. The van der Waals surface area contributed by atoms with Gasteiger partial charge in [0.2, 0.25) is 0 Å². The maximum atomic E-state index is 4.13. The minimum Gasteiger partial charge on any atom is -0.0952 e. The quantitative estimate of drug-likeness (QED) is 0.648. The molecule has 0 spiro atoms. The van der Waals surface area contributed by atoms with Crippen molar-refractivity contribution < 1.29 is 0 Å². The van der Waals surface area contributed by atoms with Gasteiger partial charge in [0.1, 0.15) is 0 Å². The summed E-state index contributed by atoms with van der Waals surface area (Å²) in [5, 5.41) is 0. The van der Waals surface area contributed by atoms with E-state index in [1.807, 2.05) is 0 Å². The van der Waals surface area contributed by atoms with Crippen molar-refractivity contribution in [1.29, 1.82) is 0 Å². The third-order valence-electron chi connectivity index (χ3n) is 2.18. The van der Waals surface area contributed by atoms with Gasteiger partial charge in [0.15, 0.2) is 0 Å². The highest BCUT2D eigenvalue weighted by molar-refractivity contribution is 5.66. The molecule has 0 aliphatic heterocycles. The van der Waals surface area contributed by atoms with Gasteiger partial charge in [-0.25, -0.2) is 0 Å². The molecule has 1 aromatic rings. The molecule has 0 radical (unpaired) electrons. The molecular weight excluding hydrogens is 156 g/mol. The van der Waals surface area contributed by atoms with Crippen molar-refractivity contribution in [3.63, 3.8) is 0 Å². The van der Waals surface area contributed by atoms with Crippen LogP contribution in [0, 0.1) is 12.8 Å². The van der Waals surface area contributed by atoms with Gasteiger partial charge in [-0.05, 0) is 36.0 Å². The molecule has 1 aromatic carbocycles. The van der Waals surface area contributed by atoms with E-state index in [0.29, 0.717) is 5.92 Å². The van der Waals surface area contributed by atoms with Gasteiger partial charge in [-0.15, -0.1) is 0 Å². The lowest BCUT2D eigenvalue weighted by atomic mass is 9.95. The Morgan fingerprint density at radius 2 is 1.92 bits per heavy atom. The van der Waals surface area contributed by atoms with Crippen LogP contribution in [-0.4, -0.2) is 0 Å². The Balaban J connectivity index is 2.83. The average molecular weight is 174 g/mol. The molecule has 0 saturated carbocycles. The molecule has 0 N–H and O–H groups in total. The Hall–Kier alpha value is -1.04. The van der Waals surface area contributed by atoms with Crippen molar-refractivity contribution in [1.82, 2.24) is 0 Å². The van der Waals surface area contributed by atoms with Crippen molar-refractivity contribution in [2.45, 2.75) is 27.2 Å². The lowest BCUT2D eigenvalue weighted by Gasteiger charge is -2.10. The number of rotatable bonds is 3. The standard InChI is InChI=1S/C13H18/c1-10(2)9-12(4)13-8-6-5-7-11(13)3/h5-8,10H,4,9H2,1-3H3. The van der Waals surface area contributed by atoms with Crippen LogP contribution in [0.1, 0.15) is 31.4 Å². The van der Waals surface area contributed by atoms with E-state index in [4.69, 9.17) is 0 Å². The second-order valence-electron chi connectivity index (χ2n) is 4.02. The first-order chi connectivity index (χ1) is 6.11. The monoisotopic (exact) mass is 174 g/mol. The first-order valence-corrected chi connectivity index (χ1v) is 4.85. The summed E-state index contributed by atoms with van der Waals surface area (Å²) in [4.78, 5) is 0. The summed E-state index contributed by atoms with van der Waals surface area (Å²) in [5.74, 6) is 0.687. The number of allylic oxidation sites excluding steroid dienone is 1. The van der Waals surface area contributed by atoms with Gasteiger partial charge in [0.25, 0.3) is 0 Å². The number of aryl methyl sites for hydroxylation is 1. The molecule has 0 aliphatic carbocycles. The van der Waals surface area contributed by atoms with Gasteiger partial charge in [-0.1, -0.05) is 44.7 Å². The molecule has 0 nitrogen and oxygen atoms in total. The van der Waals surface area contributed by atoms with E-state index in [2.05, 4.69) is 51.6 Å². The van der Waals surface area contributed by atoms with Gasteiger partial charge < -0.3 is 0 Å². The van der Waals surface area contributed by atoms with Gasteiger partial charge in [-0.2, -0.15) is 0 Å². The minimum absolute atomic E-state index is 0.687.